The lowest BCUT2D eigenvalue weighted by atomic mass is 10.1. The standard InChI is InChI=1S/C16H15F2N3O/c1-22-13-4-2-11(3-5-13)10-21-16-14(9-20-21)12(6-7-19-16)8-15(17)18/h2-7,9,15H,8,10H2,1H3/i17-1. The molecule has 1 aromatic carbocycles. The Morgan fingerprint density at radius 1 is 1.18 bits per heavy atom. The molecule has 1 atom stereocenters. The molecule has 3 aromatic rings. The molecule has 0 radical (unpaired) electrons. The van der Waals surface area contributed by atoms with Gasteiger partial charge in [0, 0.05) is 18.0 Å². The van der Waals surface area contributed by atoms with Crippen molar-refractivity contribution in [1.82, 2.24) is 14.8 Å². The number of halogens is 2. The Morgan fingerprint density at radius 2 is 1.95 bits per heavy atom. The highest BCUT2D eigenvalue weighted by atomic mass is 19.2. The smallest absolute Gasteiger partial charge is 0.242 e. The maximum atomic E-state index is 12.6. The van der Waals surface area contributed by atoms with E-state index in [2.05, 4.69) is 10.1 Å². The van der Waals surface area contributed by atoms with Crippen LogP contribution in [0.2, 0.25) is 0 Å². The van der Waals surface area contributed by atoms with E-state index < -0.39 is 6.43 Å². The van der Waals surface area contributed by atoms with Crippen LogP contribution in [0, 0.1) is 0 Å². The second kappa shape index (κ2) is 6.09. The molecular weight excluding hydrogens is 287 g/mol. The minimum Gasteiger partial charge on any atom is -0.497 e. The number of hydrogen-bond acceptors (Lipinski definition) is 3. The van der Waals surface area contributed by atoms with Crippen molar-refractivity contribution < 1.29 is 13.5 Å². The van der Waals surface area contributed by atoms with E-state index in [1.165, 1.54) is 0 Å². The van der Waals surface area contributed by atoms with Crippen LogP contribution in [-0.2, 0) is 13.0 Å². The lowest BCUT2D eigenvalue weighted by Crippen LogP contribution is -2.03. The van der Waals surface area contributed by atoms with Crippen LogP contribution in [0.4, 0.5) is 8.78 Å². The van der Waals surface area contributed by atoms with Gasteiger partial charge in [-0.25, -0.2) is 18.4 Å². The lowest BCUT2D eigenvalue weighted by molar-refractivity contribution is 0.149. The summed E-state index contributed by atoms with van der Waals surface area (Å²) in [5.41, 5.74) is 2.22. The Labute approximate surface area is 126 Å². The van der Waals surface area contributed by atoms with Crippen LogP contribution in [0.3, 0.4) is 0 Å². The van der Waals surface area contributed by atoms with Gasteiger partial charge >= 0.3 is 0 Å². The van der Waals surface area contributed by atoms with E-state index in [0.29, 0.717) is 23.1 Å². The summed E-state index contributed by atoms with van der Waals surface area (Å²) in [6, 6.07) is 9.24. The van der Waals surface area contributed by atoms with Crippen LogP contribution in [0.15, 0.2) is 42.7 Å². The molecule has 0 spiro atoms. The number of alkyl halides is 2. The first-order valence-corrected chi connectivity index (χ1v) is 6.88. The van der Waals surface area contributed by atoms with Crippen LogP contribution in [-0.4, -0.2) is 28.3 Å². The third-order valence-corrected chi connectivity index (χ3v) is 3.50. The van der Waals surface area contributed by atoms with Crippen molar-refractivity contribution in [1.29, 1.82) is 0 Å². The monoisotopic (exact) mass is 302 g/mol. The van der Waals surface area contributed by atoms with Crippen molar-refractivity contribution in [2.24, 2.45) is 0 Å². The van der Waals surface area contributed by atoms with E-state index in [0.717, 1.165) is 11.3 Å². The van der Waals surface area contributed by atoms with Gasteiger partial charge in [-0.2, -0.15) is 5.10 Å². The van der Waals surface area contributed by atoms with Gasteiger partial charge in [-0.1, -0.05) is 12.1 Å². The molecule has 0 saturated carbocycles. The van der Waals surface area contributed by atoms with Gasteiger partial charge in [0.1, 0.15) is 5.75 Å². The van der Waals surface area contributed by atoms with Gasteiger partial charge in [-0.05, 0) is 29.3 Å². The summed E-state index contributed by atoms with van der Waals surface area (Å²) in [6.07, 6.45) is 0.485. The van der Waals surface area contributed by atoms with E-state index in [9.17, 15) is 8.78 Å². The molecule has 22 heavy (non-hydrogen) atoms. The number of nitrogens with zero attached hydrogens (tertiary/aromatic N) is 3. The Kier molecular flexibility index (Phi) is 4.00. The van der Waals surface area contributed by atoms with Crippen LogP contribution < -0.4 is 4.74 Å². The third kappa shape index (κ3) is 2.90. The molecule has 0 saturated heterocycles. The topological polar surface area (TPSA) is 39.9 Å². The molecule has 1 unspecified atom stereocenters. The first kappa shape index (κ1) is 14.4. The second-order valence-electron chi connectivity index (χ2n) is 4.95. The predicted octanol–water partition coefficient (Wildman–Crippen LogP) is 3.30. The highest BCUT2D eigenvalue weighted by Crippen LogP contribution is 2.20. The normalized spacial score (nSPS) is 12.5. The zero-order valence-electron chi connectivity index (χ0n) is 12.0. The van der Waals surface area contributed by atoms with Crippen LogP contribution in [0.25, 0.3) is 11.0 Å². The van der Waals surface area contributed by atoms with Crippen molar-refractivity contribution in [3.8, 4) is 5.75 Å². The number of ether oxygens (including phenoxy) is 1. The largest absolute Gasteiger partial charge is 0.497 e. The fourth-order valence-corrected chi connectivity index (χ4v) is 2.39. The van der Waals surface area contributed by atoms with Crippen molar-refractivity contribution >= 4 is 11.0 Å². The minimum atomic E-state index is -2.38. The van der Waals surface area contributed by atoms with E-state index in [-0.39, 0.29) is 6.42 Å². The number of rotatable bonds is 5. The maximum absolute atomic E-state index is 12.6. The maximum Gasteiger partial charge on any atom is 0.242 e. The van der Waals surface area contributed by atoms with Crippen molar-refractivity contribution in [2.75, 3.05) is 7.11 Å². The number of pyridine rings is 1. The zero-order chi connectivity index (χ0) is 15.5. The van der Waals surface area contributed by atoms with E-state index in [1.807, 2.05) is 24.3 Å². The molecule has 0 aliphatic carbocycles. The highest BCUT2D eigenvalue weighted by Gasteiger charge is 2.12. The second-order valence-corrected chi connectivity index (χ2v) is 4.95. The molecule has 0 fully saturated rings. The van der Waals surface area contributed by atoms with E-state index in [1.54, 1.807) is 30.3 Å². The summed E-state index contributed by atoms with van der Waals surface area (Å²) in [4.78, 5) is 4.27. The van der Waals surface area contributed by atoms with Crippen LogP contribution in [0.5, 0.6) is 5.75 Å². The van der Waals surface area contributed by atoms with Gasteiger partial charge in [-0.3, -0.25) is 0 Å². The summed E-state index contributed by atoms with van der Waals surface area (Å²) in [7, 11) is 1.62. The Balaban J connectivity index is 1.91. The summed E-state index contributed by atoms with van der Waals surface area (Å²) in [5.74, 6) is 0.784. The fraction of sp³-hybridized carbons (Fsp3) is 0.250. The zero-order valence-corrected chi connectivity index (χ0v) is 12.0. The molecule has 2 heterocycles. The molecular formula is C16H15F2N3O. The predicted molar refractivity (Wildman–Crippen MR) is 79.3 cm³/mol. The quantitative estimate of drug-likeness (QED) is 0.726. The number of methoxy groups -OCH3 is 1. The minimum absolute atomic E-state index is 0.284. The summed E-state index contributed by atoms with van der Waals surface area (Å²) in [5, 5.41) is 4.96. The van der Waals surface area contributed by atoms with Crippen molar-refractivity contribution in [2.45, 2.75) is 19.4 Å². The van der Waals surface area contributed by atoms with Crippen LogP contribution in [0.1, 0.15) is 11.1 Å². The number of fused-ring (bicyclic) bond motifs is 1. The summed E-state index contributed by atoms with van der Waals surface area (Å²) >= 11 is 0. The van der Waals surface area contributed by atoms with Crippen LogP contribution >= 0.6 is 0 Å². The molecule has 6 heteroatoms. The molecule has 0 N–H and O–H groups in total. The average molecular weight is 302 g/mol. The number of benzene rings is 1. The molecule has 0 bridgehead atoms. The fourth-order valence-electron chi connectivity index (χ4n) is 2.39. The third-order valence-electron chi connectivity index (χ3n) is 3.50. The van der Waals surface area contributed by atoms with Gasteiger partial charge in [0.2, 0.25) is 6.43 Å². The van der Waals surface area contributed by atoms with Gasteiger partial charge in [0.15, 0.2) is 5.65 Å². The van der Waals surface area contributed by atoms with Crippen molar-refractivity contribution in [3.05, 3.63) is 53.9 Å². The average Bonchev–Trinajstić information content (AvgIpc) is 2.92. The van der Waals surface area contributed by atoms with Gasteiger partial charge in [-0.15, -0.1) is 0 Å². The molecule has 2 aromatic heterocycles. The van der Waals surface area contributed by atoms with Crippen molar-refractivity contribution in [3.63, 3.8) is 0 Å². The first-order chi connectivity index (χ1) is 10.7. The molecule has 0 aliphatic heterocycles. The number of hydrogen-bond donors (Lipinski definition) is 0. The molecule has 3 rings (SSSR count). The molecule has 0 aliphatic rings. The summed E-state index contributed by atoms with van der Waals surface area (Å²) < 4.78 is 32.1. The van der Waals surface area contributed by atoms with Gasteiger partial charge < -0.3 is 4.74 Å². The molecule has 0 amide bonds. The number of aromatic nitrogens is 3. The van der Waals surface area contributed by atoms with E-state index in [4.69, 9.17) is 4.74 Å². The van der Waals surface area contributed by atoms with Gasteiger partial charge in [0.05, 0.1) is 19.9 Å². The van der Waals surface area contributed by atoms with E-state index >= 15 is 0 Å². The Hall–Kier alpha value is -2.50. The molecule has 4 nitrogen and oxygen atoms in total. The van der Waals surface area contributed by atoms with Gasteiger partial charge in [0.25, 0.3) is 0 Å². The lowest BCUT2D eigenvalue weighted by Gasteiger charge is -2.06. The summed E-state index contributed by atoms with van der Waals surface area (Å²) in [6.45, 7) is 0.526. The molecule has 114 valence electrons. The Morgan fingerprint density at radius 3 is 2.64 bits per heavy atom. The first-order valence-electron chi connectivity index (χ1n) is 6.88. The SMILES string of the molecule is COc1ccc(Cn2ncc3c(CC(F)[18F])ccnc32)cc1. The highest BCUT2D eigenvalue weighted by molar-refractivity contribution is 5.78. The Bertz CT molecular complexity index is 769.